The van der Waals surface area contributed by atoms with Crippen LogP contribution in [0.15, 0.2) is 45.8 Å². The van der Waals surface area contributed by atoms with Crippen LogP contribution in [0.2, 0.25) is 0 Å². The van der Waals surface area contributed by atoms with Crippen molar-refractivity contribution < 1.29 is 17.9 Å². The highest BCUT2D eigenvalue weighted by atomic mass is 79.9. The molecule has 5 nitrogen and oxygen atoms in total. The lowest BCUT2D eigenvalue weighted by Crippen LogP contribution is -2.14. The number of rotatable bonds is 5. The van der Waals surface area contributed by atoms with E-state index in [0.29, 0.717) is 11.4 Å². The van der Waals surface area contributed by atoms with E-state index in [1.54, 1.807) is 24.3 Å². The first-order valence-corrected chi connectivity index (χ1v) is 8.66. The first-order chi connectivity index (χ1) is 10.4. The number of anilines is 1. The molecule has 0 aliphatic carbocycles. The fourth-order valence-corrected chi connectivity index (χ4v) is 3.47. The molecule has 0 amide bonds. The Morgan fingerprint density at radius 1 is 1.05 bits per heavy atom. The molecule has 2 rings (SSSR count). The van der Waals surface area contributed by atoms with Crippen LogP contribution in [0.1, 0.15) is 5.56 Å². The van der Waals surface area contributed by atoms with Crippen molar-refractivity contribution in [3.8, 4) is 11.5 Å². The Morgan fingerprint density at radius 2 is 1.77 bits per heavy atom. The van der Waals surface area contributed by atoms with Gasteiger partial charge in [0.1, 0.15) is 16.4 Å². The Bertz CT molecular complexity index is 790. The number of sulfonamides is 1. The number of methoxy groups -OCH3 is 2. The van der Waals surface area contributed by atoms with Gasteiger partial charge < -0.3 is 9.47 Å². The van der Waals surface area contributed by atoms with E-state index in [-0.39, 0.29) is 10.6 Å². The molecule has 0 aromatic heterocycles. The van der Waals surface area contributed by atoms with Gasteiger partial charge in [-0.15, -0.1) is 0 Å². The lowest BCUT2D eigenvalue weighted by atomic mass is 10.2. The van der Waals surface area contributed by atoms with Crippen LogP contribution < -0.4 is 14.2 Å². The molecule has 0 saturated carbocycles. The van der Waals surface area contributed by atoms with Crippen LogP contribution in [0.5, 0.6) is 11.5 Å². The molecule has 0 unspecified atom stereocenters. The van der Waals surface area contributed by atoms with E-state index < -0.39 is 10.0 Å². The summed E-state index contributed by atoms with van der Waals surface area (Å²) >= 11 is 3.38. The first kappa shape index (κ1) is 16.6. The van der Waals surface area contributed by atoms with Gasteiger partial charge in [0.15, 0.2) is 0 Å². The van der Waals surface area contributed by atoms with Gasteiger partial charge in [-0.2, -0.15) is 0 Å². The second-order valence-corrected chi connectivity index (χ2v) is 7.09. The summed E-state index contributed by atoms with van der Waals surface area (Å²) in [5, 5.41) is 0. The molecule has 0 bridgehead atoms. The van der Waals surface area contributed by atoms with E-state index in [9.17, 15) is 8.42 Å². The number of aryl methyl sites for hydroxylation is 1. The molecular weight excluding hydrogens is 370 g/mol. The molecule has 0 fully saturated rings. The summed E-state index contributed by atoms with van der Waals surface area (Å²) in [7, 11) is -0.899. The van der Waals surface area contributed by atoms with Gasteiger partial charge in [-0.05, 0) is 36.8 Å². The minimum absolute atomic E-state index is 0.0195. The molecule has 0 saturated heterocycles. The van der Waals surface area contributed by atoms with Crippen molar-refractivity contribution in [1.82, 2.24) is 0 Å². The monoisotopic (exact) mass is 385 g/mol. The molecule has 0 aliphatic rings. The minimum atomic E-state index is -3.79. The molecule has 22 heavy (non-hydrogen) atoms. The number of ether oxygens (including phenoxy) is 2. The van der Waals surface area contributed by atoms with Crippen molar-refractivity contribution in [3.63, 3.8) is 0 Å². The van der Waals surface area contributed by atoms with Crippen LogP contribution in [-0.2, 0) is 10.0 Å². The van der Waals surface area contributed by atoms with Gasteiger partial charge in [0.05, 0.1) is 14.2 Å². The van der Waals surface area contributed by atoms with Crippen LogP contribution >= 0.6 is 15.9 Å². The normalized spacial score (nSPS) is 11.1. The van der Waals surface area contributed by atoms with Crippen molar-refractivity contribution in [2.45, 2.75) is 11.8 Å². The Balaban J connectivity index is 2.43. The van der Waals surface area contributed by atoms with Crippen LogP contribution in [0.4, 0.5) is 5.69 Å². The van der Waals surface area contributed by atoms with Crippen molar-refractivity contribution in [2.75, 3.05) is 18.9 Å². The molecule has 118 valence electrons. The van der Waals surface area contributed by atoms with Crippen LogP contribution in [0.25, 0.3) is 0 Å². The molecule has 7 heteroatoms. The third-order valence-electron chi connectivity index (χ3n) is 3.08. The van der Waals surface area contributed by atoms with E-state index in [0.717, 1.165) is 10.0 Å². The highest BCUT2D eigenvalue weighted by Gasteiger charge is 2.21. The molecule has 2 aromatic carbocycles. The summed E-state index contributed by atoms with van der Waals surface area (Å²) in [6, 6.07) is 9.84. The topological polar surface area (TPSA) is 64.6 Å². The second kappa shape index (κ2) is 6.58. The number of benzene rings is 2. The van der Waals surface area contributed by atoms with Gasteiger partial charge in [-0.1, -0.05) is 22.0 Å². The summed E-state index contributed by atoms with van der Waals surface area (Å²) in [5.41, 5.74) is 1.48. The van der Waals surface area contributed by atoms with E-state index >= 15 is 0 Å². The van der Waals surface area contributed by atoms with E-state index in [1.807, 2.05) is 13.0 Å². The van der Waals surface area contributed by atoms with E-state index in [1.165, 1.54) is 20.3 Å². The highest BCUT2D eigenvalue weighted by molar-refractivity contribution is 9.10. The number of hydrogen-bond donors (Lipinski definition) is 1. The zero-order chi connectivity index (χ0) is 16.3. The van der Waals surface area contributed by atoms with Crippen molar-refractivity contribution in [2.24, 2.45) is 0 Å². The fraction of sp³-hybridized carbons (Fsp3) is 0.200. The summed E-state index contributed by atoms with van der Waals surface area (Å²) in [6.45, 7) is 1.92. The number of nitrogens with one attached hydrogen (secondary N) is 1. The third kappa shape index (κ3) is 3.53. The lowest BCUT2D eigenvalue weighted by Gasteiger charge is -2.13. The number of halogens is 1. The Labute approximate surface area is 138 Å². The maximum absolute atomic E-state index is 12.6. The van der Waals surface area contributed by atoms with E-state index in [2.05, 4.69) is 20.7 Å². The maximum Gasteiger partial charge on any atom is 0.265 e. The molecule has 0 heterocycles. The van der Waals surface area contributed by atoms with E-state index in [4.69, 9.17) is 9.47 Å². The van der Waals surface area contributed by atoms with Gasteiger partial charge >= 0.3 is 0 Å². The van der Waals surface area contributed by atoms with Gasteiger partial charge in [0, 0.05) is 16.2 Å². The zero-order valence-corrected chi connectivity index (χ0v) is 14.8. The Kier molecular flexibility index (Phi) is 4.97. The van der Waals surface area contributed by atoms with Gasteiger partial charge in [0.25, 0.3) is 10.0 Å². The van der Waals surface area contributed by atoms with Gasteiger partial charge in [-0.25, -0.2) is 8.42 Å². The SMILES string of the molecule is COc1ccc(OC)c(S(=O)(=O)Nc2ccc(C)c(Br)c2)c1. The summed E-state index contributed by atoms with van der Waals surface area (Å²) in [4.78, 5) is 0.0195. The first-order valence-electron chi connectivity index (χ1n) is 6.38. The quantitative estimate of drug-likeness (QED) is 0.853. The Morgan fingerprint density at radius 3 is 2.36 bits per heavy atom. The molecule has 2 aromatic rings. The molecular formula is C15H16BrNO4S. The zero-order valence-electron chi connectivity index (χ0n) is 12.4. The molecule has 0 atom stereocenters. The van der Waals surface area contributed by atoms with Crippen molar-refractivity contribution in [3.05, 3.63) is 46.4 Å². The van der Waals surface area contributed by atoms with Crippen LogP contribution in [0.3, 0.4) is 0 Å². The molecule has 0 spiro atoms. The molecule has 1 N–H and O–H groups in total. The van der Waals surface area contributed by atoms with Crippen molar-refractivity contribution in [1.29, 1.82) is 0 Å². The largest absolute Gasteiger partial charge is 0.497 e. The molecule has 0 radical (unpaired) electrons. The summed E-state index contributed by atoms with van der Waals surface area (Å²) in [5.74, 6) is 0.686. The fourth-order valence-electron chi connectivity index (χ4n) is 1.86. The average Bonchev–Trinajstić information content (AvgIpc) is 2.50. The molecule has 0 aliphatic heterocycles. The lowest BCUT2D eigenvalue weighted by molar-refractivity contribution is 0.392. The predicted molar refractivity (Wildman–Crippen MR) is 89.2 cm³/mol. The Hall–Kier alpha value is -1.73. The highest BCUT2D eigenvalue weighted by Crippen LogP contribution is 2.30. The summed E-state index contributed by atoms with van der Waals surface area (Å²) < 4.78 is 38.7. The predicted octanol–water partition coefficient (Wildman–Crippen LogP) is 3.58. The van der Waals surface area contributed by atoms with Gasteiger partial charge in [-0.3, -0.25) is 4.72 Å². The smallest absolute Gasteiger partial charge is 0.265 e. The third-order valence-corrected chi connectivity index (χ3v) is 5.34. The van der Waals surface area contributed by atoms with Crippen LogP contribution in [0, 0.1) is 6.92 Å². The number of hydrogen-bond acceptors (Lipinski definition) is 4. The van der Waals surface area contributed by atoms with Crippen LogP contribution in [-0.4, -0.2) is 22.6 Å². The minimum Gasteiger partial charge on any atom is -0.497 e. The standard InChI is InChI=1S/C15H16BrNO4S/c1-10-4-5-11(8-13(10)16)17-22(18,19)15-9-12(20-2)6-7-14(15)21-3/h4-9,17H,1-3H3. The average molecular weight is 386 g/mol. The summed E-state index contributed by atoms with van der Waals surface area (Å²) in [6.07, 6.45) is 0. The van der Waals surface area contributed by atoms with Crippen molar-refractivity contribution >= 4 is 31.6 Å². The second-order valence-electron chi connectivity index (χ2n) is 4.59. The van der Waals surface area contributed by atoms with Gasteiger partial charge in [0.2, 0.25) is 0 Å². The maximum atomic E-state index is 12.6.